The molecule has 0 bridgehead atoms. The Bertz CT molecular complexity index is 723. The van der Waals surface area contributed by atoms with Gasteiger partial charge in [-0.05, 0) is 19.1 Å². The standard InChI is InChI=1S/C7H9N5O3S2/c1-3-5(17(8,13)14)4(11-12(3)2)6-9-10-7(16)15-6/h1-2H3,(H,10,16)(H2,8,13,14). The number of sulfonamides is 1. The van der Waals surface area contributed by atoms with E-state index in [0.717, 1.165) is 0 Å². The molecule has 0 aliphatic carbocycles. The van der Waals surface area contributed by atoms with Gasteiger partial charge < -0.3 is 4.42 Å². The van der Waals surface area contributed by atoms with Crippen molar-refractivity contribution in [3.05, 3.63) is 10.5 Å². The van der Waals surface area contributed by atoms with Gasteiger partial charge in [0.25, 0.3) is 10.7 Å². The highest BCUT2D eigenvalue weighted by atomic mass is 32.2. The molecule has 0 atom stereocenters. The topological polar surface area (TPSA) is 120 Å². The fourth-order valence-electron chi connectivity index (χ4n) is 1.40. The lowest BCUT2D eigenvalue weighted by atomic mass is 10.3. The number of aromatic amines is 1. The molecule has 0 spiro atoms. The van der Waals surface area contributed by atoms with Crippen LogP contribution in [0.2, 0.25) is 0 Å². The maximum atomic E-state index is 11.5. The van der Waals surface area contributed by atoms with Crippen LogP contribution in [0.5, 0.6) is 0 Å². The summed E-state index contributed by atoms with van der Waals surface area (Å²) in [4.78, 5) is -0.0890. The van der Waals surface area contributed by atoms with Gasteiger partial charge in [-0.25, -0.2) is 18.7 Å². The van der Waals surface area contributed by atoms with Crippen molar-refractivity contribution in [2.24, 2.45) is 12.2 Å². The van der Waals surface area contributed by atoms with Crippen molar-refractivity contribution in [2.75, 3.05) is 0 Å². The highest BCUT2D eigenvalue weighted by molar-refractivity contribution is 7.89. The van der Waals surface area contributed by atoms with Crippen LogP contribution in [0.15, 0.2) is 9.31 Å². The smallest absolute Gasteiger partial charge is 0.284 e. The number of nitrogens with two attached hydrogens (primary N) is 1. The molecule has 0 amide bonds. The van der Waals surface area contributed by atoms with E-state index in [2.05, 4.69) is 15.3 Å². The molecule has 10 heteroatoms. The molecule has 2 heterocycles. The highest BCUT2D eigenvalue weighted by Gasteiger charge is 2.26. The van der Waals surface area contributed by atoms with E-state index >= 15 is 0 Å². The largest absolute Gasteiger partial charge is 0.408 e. The molecule has 0 radical (unpaired) electrons. The lowest BCUT2D eigenvalue weighted by Gasteiger charge is -1.97. The molecule has 0 aliphatic rings. The van der Waals surface area contributed by atoms with Gasteiger partial charge in [-0.3, -0.25) is 4.68 Å². The van der Waals surface area contributed by atoms with E-state index in [1.165, 1.54) is 4.68 Å². The molecule has 2 aromatic rings. The fraction of sp³-hybridized carbons (Fsp3) is 0.286. The van der Waals surface area contributed by atoms with Crippen molar-refractivity contribution in [2.45, 2.75) is 11.8 Å². The van der Waals surface area contributed by atoms with Gasteiger partial charge >= 0.3 is 0 Å². The zero-order chi connectivity index (χ0) is 12.8. The van der Waals surface area contributed by atoms with Crippen LogP contribution in [-0.4, -0.2) is 28.4 Å². The number of primary sulfonamides is 1. The molecule has 0 fully saturated rings. The van der Waals surface area contributed by atoms with Gasteiger partial charge in [0, 0.05) is 7.05 Å². The molecule has 0 saturated heterocycles. The van der Waals surface area contributed by atoms with Gasteiger partial charge in [-0.1, -0.05) is 0 Å². The second-order valence-corrected chi connectivity index (χ2v) is 5.22. The Kier molecular flexibility index (Phi) is 2.64. The third kappa shape index (κ3) is 2.01. The summed E-state index contributed by atoms with van der Waals surface area (Å²) in [5, 5.41) is 15.2. The normalized spacial score (nSPS) is 11.9. The molecule has 0 unspecified atom stereocenters. The minimum Gasteiger partial charge on any atom is -0.408 e. The summed E-state index contributed by atoms with van der Waals surface area (Å²) in [7, 11) is -2.32. The van der Waals surface area contributed by atoms with Crippen LogP contribution in [0.1, 0.15) is 5.69 Å². The van der Waals surface area contributed by atoms with Crippen molar-refractivity contribution in [3.63, 3.8) is 0 Å². The first-order chi connectivity index (χ1) is 7.80. The SMILES string of the molecule is Cc1c(S(N)(=O)=O)c(-c2n[nH]c(=S)o2)nn1C. The number of aryl methyl sites for hydroxylation is 1. The summed E-state index contributed by atoms with van der Waals surface area (Å²) in [6.07, 6.45) is 0. The maximum Gasteiger partial charge on any atom is 0.284 e. The molecule has 8 nitrogen and oxygen atoms in total. The van der Waals surface area contributed by atoms with Crippen molar-refractivity contribution >= 4 is 22.2 Å². The Morgan fingerprint density at radius 2 is 2.18 bits per heavy atom. The van der Waals surface area contributed by atoms with Crippen LogP contribution in [0, 0.1) is 11.8 Å². The minimum absolute atomic E-state index is 0.0114. The molecular weight excluding hydrogens is 266 g/mol. The van der Waals surface area contributed by atoms with E-state index in [9.17, 15) is 8.42 Å². The summed E-state index contributed by atoms with van der Waals surface area (Å²) in [5.41, 5.74) is 0.437. The quantitative estimate of drug-likeness (QED) is 0.749. The lowest BCUT2D eigenvalue weighted by Crippen LogP contribution is -2.14. The van der Waals surface area contributed by atoms with Crippen molar-refractivity contribution in [3.8, 4) is 11.6 Å². The van der Waals surface area contributed by atoms with Crippen LogP contribution in [0.4, 0.5) is 0 Å². The van der Waals surface area contributed by atoms with Crippen LogP contribution in [-0.2, 0) is 17.1 Å². The predicted octanol–water partition coefficient (Wildman–Crippen LogP) is 0.0885. The first-order valence-electron chi connectivity index (χ1n) is 4.43. The molecule has 17 heavy (non-hydrogen) atoms. The Labute approximate surface area is 101 Å². The Balaban J connectivity index is 2.80. The summed E-state index contributed by atoms with van der Waals surface area (Å²) in [5.74, 6) is -0.0114. The highest BCUT2D eigenvalue weighted by Crippen LogP contribution is 2.26. The van der Waals surface area contributed by atoms with E-state index < -0.39 is 10.0 Å². The zero-order valence-corrected chi connectivity index (χ0v) is 10.6. The molecule has 0 saturated carbocycles. The molecular formula is C7H9N5O3S2. The van der Waals surface area contributed by atoms with E-state index in [1.54, 1.807) is 14.0 Å². The Hall–Kier alpha value is -1.52. The first kappa shape index (κ1) is 12.0. The average Bonchev–Trinajstić information content (AvgIpc) is 2.71. The minimum atomic E-state index is -3.91. The van der Waals surface area contributed by atoms with Gasteiger partial charge in [0.05, 0.1) is 5.69 Å². The molecule has 2 aromatic heterocycles. The second-order valence-electron chi connectivity index (χ2n) is 3.35. The van der Waals surface area contributed by atoms with Gasteiger partial charge in [0.2, 0.25) is 10.0 Å². The number of nitrogens with one attached hydrogen (secondary N) is 1. The Morgan fingerprint density at radius 3 is 2.65 bits per heavy atom. The summed E-state index contributed by atoms with van der Waals surface area (Å²) >= 11 is 4.71. The number of H-pyrrole nitrogens is 1. The number of rotatable bonds is 2. The van der Waals surface area contributed by atoms with E-state index in [4.69, 9.17) is 21.8 Å². The fourth-order valence-corrected chi connectivity index (χ4v) is 2.47. The van der Waals surface area contributed by atoms with Crippen molar-refractivity contribution < 1.29 is 12.8 Å². The molecule has 3 N–H and O–H groups in total. The Morgan fingerprint density at radius 1 is 1.53 bits per heavy atom. The number of nitrogens with zero attached hydrogens (tertiary/aromatic N) is 3. The maximum absolute atomic E-state index is 11.5. The van der Waals surface area contributed by atoms with Crippen LogP contribution < -0.4 is 5.14 Å². The number of hydrogen-bond acceptors (Lipinski definition) is 6. The van der Waals surface area contributed by atoms with E-state index in [0.29, 0.717) is 5.69 Å². The van der Waals surface area contributed by atoms with Gasteiger partial charge in [-0.15, -0.1) is 5.10 Å². The first-order valence-corrected chi connectivity index (χ1v) is 6.38. The monoisotopic (exact) mass is 275 g/mol. The molecule has 0 aromatic carbocycles. The van der Waals surface area contributed by atoms with E-state index in [-0.39, 0.29) is 21.3 Å². The van der Waals surface area contributed by atoms with Crippen LogP contribution in [0.3, 0.4) is 0 Å². The van der Waals surface area contributed by atoms with Gasteiger partial charge in [-0.2, -0.15) is 5.10 Å². The van der Waals surface area contributed by atoms with Gasteiger partial charge in [0.15, 0.2) is 5.69 Å². The lowest BCUT2D eigenvalue weighted by molar-refractivity contribution is 0.546. The summed E-state index contributed by atoms with van der Waals surface area (Å²) in [6, 6.07) is 0. The van der Waals surface area contributed by atoms with Crippen molar-refractivity contribution in [1.82, 2.24) is 20.0 Å². The number of aromatic nitrogens is 4. The number of hydrogen-bond donors (Lipinski definition) is 2. The molecule has 92 valence electrons. The van der Waals surface area contributed by atoms with Crippen LogP contribution >= 0.6 is 12.2 Å². The molecule has 0 aliphatic heterocycles. The van der Waals surface area contributed by atoms with Crippen LogP contribution in [0.25, 0.3) is 11.6 Å². The second kappa shape index (κ2) is 3.75. The summed E-state index contributed by atoms with van der Waals surface area (Å²) < 4.78 is 29.4. The average molecular weight is 275 g/mol. The predicted molar refractivity (Wildman–Crippen MR) is 60.0 cm³/mol. The molecule has 2 rings (SSSR count). The summed E-state index contributed by atoms with van der Waals surface area (Å²) in [6.45, 7) is 1.58. The van der Waals surface area contributed by atoms with Crippen molar-refractivity contribution in [1.29, 1.82) is 0 Å². The van der Waals surface area contributed by atoms with Gasteiger partial charge in [0.1, 0.15) is 4.90 Å². The third-order valence-corrected chi connectivity index (χ3v) is 3.44. The van der Waals surface area contributed by atoms with E-state index in [1.807, 2.05) is 0 Å². The third-order valence-electron chi connectivity index (χ3n) is 2.20. The zero-order valence-electron chi connectivity index (χ0n) is 8.96.